The average molecular weight is 476 g/mol. The van der Waals surface area contributed by atoms with Gasteiger partial charge in [-0.05, 0) is 50.1 Å². The Bertz CT molecular complexity index is 1530. The molecule has 0 amide bonds. The third-order valence-electron chi connectivity index (χ3n) is 7.04. The summed E-state index contributed by atoms with van der Waals surface area (Å²) in [6, 6.07) is 9.19. The molecule has 2 atom stereocenters. The van der Waals surface area contributed by atoms with Crippen LogP contribution in [0.3, 0.4) is 0 Å². The maximum atomic E-state index is 14.2. The van der Waals surface area contributed by atoms with Crippen LogP contribution in [0.5, 0.6) is 0 Å². The van der Waals surface area contributed by atoms with E-state index in [0.29, 0.717) is 16.7 Å². The minimum Gasteiger partial charge on any atom is -0.479 e. The zero-order valence-electron chi connectivity index (χ0n) is 20.0. The van der Waals surface area contributed by atoms with Crippen molar-refractivity contribution < 1.29 is 19.0 Å². The number of aromatic amines is 1. The van der Waals surface area contributed by atoms with E-state index in [0.717, 1.165) is 27.8 Å². The number of H-pyrrole nitrogens is 1. The number of carboxylic acids is 1. The number of nitrogens with one attached hydrogen (secondary N) is 1. The van der Waals surface area contributed by atoms with E-state index in [1.807, 2.05) is 24.5 Å². The number of rotatable bonds is 5. The highest BCUT2D eigenvalue weighted by atomic mass is 19.1. The van der Waals surface area contributed by atoms with Crippen LogP contribution in [0.15, 0.2) is 30.5 Å². The molecule has 35 heavy (non-hydrogen) atoms. The molecular formula is C26H26FN5O3. The van der Waals surface area contributed by atoms with Crippen LogP contribution in [-0.2, 0) is 14.9 Å². The first kappa shape index (κ1) is 23.0. The zero-order chi connectivity index (χ0) is 25.1. The molecule has 1 aromatic carbocycles. The fourth-order valence-electron chi connectivity index (χ4n) is 5.17. The van der Waals surface area contributed by atoms with E-state index in [2.05, 4.69) is 16.3 Å². The second-order valence-electron chi connectivity index (χ2n) is 10.2. The second kappa shape index (κ2) is 7.89. The molecule has 1 aliphatic rings. The molecule has 9 heteroatoms. The van der Waals surface area contributed by atoms with Gasteiger partial charge < -0.3 is 14.4 Å². The van der Waals surface area contributed by atoms with Gasteiger partial charge in [0.05, 0.1) is 29.9 Å². The Morgan fingerprint density at radius 2 is 2.20 bits per heavy atom. The number of ether oxygens (including phenoxy) is 1. The Labute approximate surface area is 201 Å². The maximum absolute atomic E-state index is 14.2. The van der Waals surface area contributed by atoms with Gasteiger partial charge >= 0.3 is 5.97 Å². The van der Waals surface area contributed by atoms with Gasteiger partial charge in [-0.15, -0.1) is 0 Å². The highest BCUT2D eigenvalue weighted by Crippen LogP contribution is 2.47. The Balaban J connectivity index is 1.89. The maximum Gasteiger partial charge on any atom is 0.335 e. The summed E-state index contributed by atoms with van der Waals surface area (Å²) < 4.78 is 22.0. The summed E-state index contributed by atoms with van der Waals surface area (Å²) in [5.74, 6) is -1.58. The van der Waals surface area contributed by atoms with E-state index in [1.54, 1.807) is 32.2 Å². The van der Waals surface area contributed by atoms with Crippen molar-refractivity contribution in [3.05, 3.63) is 53.1 Å². The fourth-order valence-corrected chi connectivity index (χ4v) is 5.17. The van der Waals surface area contributed by atoms with Gasteiger partial charge in [-0.2, -0.15) is 10.4 Å². The summed E-state index contributed by atoms with van der Waals surface area (Å²) in [5.41, 5.74) is 3.07. The molecular weight excluding hydrogens is 449 g/mol. The van der Waals surface area contributed by atoms with Crippen LogP contribution in [-0.4, -0.2) is 43.0 Å². The van der Waals surface area contributed by atoms with E-state index in [-0.39, 0.29) is 31.2 Å². The molecule has 1 unspecified atom stereocenters. The van der Waals surface area contributed by atoms with Gasteiger partial charge in [-0.3, -0.25) is 5.10 Å². The van der Waals surface area contributed by atoms with Gasteiger partial charge in [0, 0.05) is 40.1 Å². The highest BCUT2D eigenvalue weighted by Gasteiger charge is 2.46. The number of nitriles is 1. The number of pyridine rings is 1. The number of halogens is 1. The number of benzene rings is 1. The number of aliphatic carboxylic acids is 1. The SMILES string of the molecule is Cc1cc(-n2c(C(C)(C)CC#N)c(C3CO[C@@](C)(C(=O)O)C3)c3nc4[nH]ncc4cc32)ccc1F. The van der Waals surface area contributed by atoms with Gasteiger partial charge in [0.25, 0.3) is 0 Å². The molecule has 0 bridgehead atoms. The van der Waals surface area contributed by atoms with Crippen molar-refractivity contribution in [3.63, 3.8) is 0 Å². The summed E-state index contributed by atoms with van der Waals surface area (Å²) in [4.78, 5) is 16.8. The normalized spacial score (nSPS) is 20.5. The number of aromatic nitrogens is 4. The molecule has 3 aromatic heterocycles. The first-order valence-corrected chi connectivity index (χ1v) is 11.5. The Morgan fingerprint density at radius 1 is 1.43 bits per heavy atom. The predicted octanol–water partition coefficient (Wildman–Crippen LogP) is 4.89. The van der Waals surface area contributed by atoms with Gasteiger partial charge in [-0.1, -0.05) is 13.8 Å². The van der Waals surface area contributed by atoms with Crippen LogP contribution in [0.25, 0.3) is 27.8 Å². The lowest BCUT2D eigenvalue weighted by molar-refractivity contribution is -0.157. The molecule has 1 saturated heterocycles. The minimum atomic E-state index is -1.32. The molecule has 8 nitrogen and oxygen atoms in total. The smallest absolute Gasteiger partial charge is 0.335 e. The van der Waals surface area contributed by atoms with Crippen molar-refractivity contribution in [1.29, 1.82) is 5.26 Å². The molecule has 1 fully saturated rings. The quantitative estimate of drug-likeness (QED) is 0.425. The zero-order valence-corrected chi connectivity index (χ0v) is 20.0. The van der Waals surface area contributed by atoms with Crippen LogP contribution in [0, 0.1) is 24.1 Å². The summed E-state index contributed by atoms with van der Waals surface area (Å²) >= 11 is 0. The summed E-state index contributed by atoms with van der Waals surface area (Å²) in [6.07, 6.45) is 2.18. The van der Waals surface area contributed by atoms with E-state index in [4.69, 9.17) is 9.72 Å². The highest BCUT2D eigenvalue weighted by molar-refractivity contribution is 5.94. The van der Waals surface area contributed by atoms with Gasteiger partial charge in [-0.25, -0.2) is 14.2 Å². The van der Waals surface area contributed by atoms with Crippen molar-refractivity contribution in [2.24, 2.45) is 0 Å². The van der Waals surface area contributed by atoms with Gasteiger partial charge in [0.15, 0.2) is 11.2 Å². The van der Waals surface area contributed by atoms with Crippen LogP contribution in [0.1, 0.15) is 56.4 Å². The van der Waals surface area contributed by atoms with Crippen molar-refractivity contribution in [1.82, 2.24) is 19.7 Å². The lowest BCUT2D eigenvalue weighted by atomic mass is 9.79. The van der Waals surface area contributed by atoms with E-state index in [9.17, 15) is 19.6 Å². The van der Waals surface area contributed by atoms with Crippen molar-refractivity contribution in [2.75, 3.05) is 6.61 Å². The number of hydrogen-bond donors (Lipinski definition) is 2. The number of carboxylic acid groups (broad SMARTS) is 1. The summed E-state index contributed by atoms with van der Waals surface area (Å²) in [7, 11) is 0. The van der Waals surface area contributed by atoms with Crippen molar-refractivity contribution in [3.8, 4) is 11.8 Å². The second-order valence-corrected chi connectivity index (χ2v) is 10.2. The van der Waals surface area contributed by atoms with Crippen LogP contribution >= 0.6 is 0 Å². The Kier molecular flexibility index (Phi) is 5.18. The van der Waals surface area contributed by atoms with Crippen LogP contribution in [0.4, 0.5) is 4.39 Å². The standard InChI is InChI=1S/C26H26FN5O3/c1-14-9-17(5-6-18(14)27)32-19-10-15-12-29-31-23(15)30-21(19)20(22(32)25(2,3)7-8-28)16-11-26(4,24(33)34)35-13-16/h5-6,9-10,12,16H,7,11,13H2,1-4H3,(H,33,34)(H,29,30,31)/t16?,26-/m1/s1. The number of hydrogen-bond acceptors (Lipinski definition) is 5. The average Bonchev–Trinajstić information content (AvgIpc) is 3.50. The lowest BCUT2D eigenvalue weighted by Gasteiger charge is -2.28. The summed E-state index contributed by atoms with van der Waals surface area (Å²) in [6.45, 7) is 7.48. The third kappa shape index (κ3) is 3.56. The van der Waals surface area contributed by atoms with E-state index in [1.165, 1.54) is 6.07 Å². The molecule has 2 N–H and O–H groups in total. The van der Waals surface area contributed by atoms with E-state index >= 15 is 0 Å². The summed E-state index contributed by atoms with van der Waals surface area (Å²) in [5, 5.41) is 27.3. The molecule has 0 spiro atoms. The molecule has 0 saturated carbocycles. The first-order chi connectivity index (χ1) is 16.6. The molecule has 0 aliphatic carbocycles. The number of carbonyl (C=O) groups is 1. The third-order valence-corrected chi connectivity index (χ3v) is 7.04. The molecule has 180 valence electrons. The largest absolute Gasteiger partial charge is 0.479 e. The monoisotopic (exact) mass is 475 g/mol. The molecule has 5 rings (SSSR count). The number of nitrogens with zero attached hydrogens (tertiary/aromatic N) is 4. The number of fused-ring (bicyclic) bond motifs is 2. The Hall–Kier alpha value is -3.77. The lowest BCUT2D eigenvalue weighted by Crippen LogP contribution is -2.34. The minimum absolute atomic E-state index is 0.211. The van der Waals surface area contributed by atoms with Crippen molar-refractivity contribution >= 4 is 28.0 Å². The van der Waals surface area contributed by atoms with E-state index < -0.39 is 17.0 Å². The predicted molar refractivity (Wildman–Crippen MR) is 128 cm³/mol. The fraction of sp³-hybridized carbons (Fsp3) is 0.385. The van der Waals surface area contributed by atoms with Crippen molar-refractivity contribution in [2.45, 2.75) is 57.5 Å². The van der Waals surface area contributed by atoms with Crippen LogP contribution < -0.4 is 0 Å². The van der Waals surface area contributed by atoms with Gasteiger partial charge in [0.2, 0.25) is 0 Å². The number of aryl methyl sites for hydroxylation is 1. The Morgan fingerprint density at radius 3 is 2.86 bits per heavy atom. The topological polar surface area (TPSA) is 117 Å². The first-order valence-electron chi connectivity index (χ1n) is 11.5. The molecule has 0 radical (unpaired) electrons. The van der Waals surface area contributed by atoms with Crippen LogP contribution in [0.2, 0.25) is 0 Å². The molecule has 1 aliphatic heterocycles. The molecule has 4 heterocycles. The van der Waals surface area contributed by atoms with Gasteiger partial charge in [0.1, 0.15) is 5.82 Å². The molecule has 4 aromatic rings.